The Hall–Kier alpha value is -4.81. The molecule has 6 aromatic rings. The molecule has 0 fully saturated rings. The molecule has 0 aliphatic carbocycles. The van der Waals surface area contributed by atoms with Gasteiger partial charge in [0.25, 0.3) is 0 Å². The summed E-state index contributed by atoms with van der Waals surface area (Å²) >= 11 is 0. The number of aldehydes is 1. The lowest BCUT2D eigenvalue weighted by molar-refractivity contribution is 0.112. The fraction of sp³-hybridized carbons (Fsp3) is 0.0882. The van der Waals surface area contributed by atoms with Crippen LogP contribution in [0.3, 0.4) is 0 Å². The van der Waals surface area contributed by atoms with Crippen LogP contribution in [0.5, 0.6) is 0 Å². The number of para-hydroxylation sites is 2. The molecular formula is C34H26F2N2O2. The van der Waals surface area contributed by atoms with Crippen LogP contribution < -0.4 is 0 Å². The van der Waals surface area contributed by atoms with E-state index in [0.717, 1.165) is 39.2 Å². The minimum absolute atomic E-state index is 0.166. The number of pyridine rings is 2. The third-order valence-electron chi connectivity index (χ3n) is 6.76. The van der Waals surface area contributed by atoms with Crippen molar-refractivity contribution in [1.29, 1.82) is 0 Å². The summed E-state index contributed by atoms with van der Waals surface area (Å²) in [5.74, 6) is -0.710. The fourth-order valence-electron chi connectivity index (χ4n) is 4.72. The van der Waals surface area contributed by atoms with Crippen molar-refractivity contribution in [3.63, 3.8) is 0 Å². The van der Waals surface area contributed by atoms with Crippen LogP contribution in [-0.2, 0) is 6.61 Å². The molecule has 0 saturated carbocycles. The van der Waals surface area contributed by atoms with Gasteiger partial charge >= 0.3 is 0 Å². The average molecular weight is 533 g/mol. The molecule has 0 amide bonds. The summed E-state index contributed by atoms with van der Waals surface area (Å²) in [7, 11) is 0. The predicted octanol–water partition coefficient (Wildman–Crippen LogP) is 8.00. The molecule has 40 heavy (non-hydrogen) atoms. The Morgan fingerprint density at radius 1 is 0.675 bits per heavy atom. The van der Waals surface area contributed by atoms with Gasteiger partial charge < -0.3 is 5.11 Å². The standard InChI is InChI=1S/C17H14FNO.C17H12FNO/c2*1-11-5-4-6-12-9-13(10-20)17(19-16(11)12)14-7-2-3-8-15(14)18/h2-9,20H,10H2,1H3;2-10H,1H3. The van der Waals surface area contributed by atoms with Gasteiger partial charge in [-0.15, -0.1) is 0 Å². The largest absolute Gasteiger partial charge is 0.392 e. The Balaban J connectivity index is 0.000000161. The summed E-state index contributed by atoms with van der Waals surface area (Å²) in [6, 6.07) is 28.1. The van der Waals surface area contributed by atoms with Crippen molar-refractivity contribution in [2.24, 2.45) is 0 Å². The Morgan fingerprint density at radius 3 is 1.70 bits per heavy atom. The SMILES string of the molecule is Cc1cccc2cc(C=O)c(-c3ccccc3F)nc12.Cc1cccc2cc(CO)c(-c3ccccc3F)nc12. The average Bonchev–Trinajstić information content (AvgIpc) is 2.97. The van der Waals surface area contributed by atoms with E-state index in [2.05, 4.69) is 9.97 Å². The maximum Gasteiger partial charge on any atom is 0.152 e. The van der Waals surface area contributed by atoms with Gasteiger partial charge in [-0.3, -0.25) is 4.79 Å². The van der Waals surface area contributed by atoms with Crippen LogP contribution in [0.4, 0.5) is 8.78 Å². The summed E-state index contributed by atoms with van der Waals surface area (Å²) in [6.07, 6.45) is 0.719. The van der Waals surface area contributed by atoms with Gasteiger partial charge in [-0.1, -0.05) is 60.7 Å². The number of aromatic nitrogens is 2. The lowest BCUT2D eigenvalue weighted by Gasteiger charge is -2.11. The third-order valence-corrected chi connectivity index (χ3v) is 6.76. The second-order valence-electron chi connectivity index (χ2n) is 9.45. The highest BCUT2D eigenvalue weighted by atomic mass is 19.1. The van der Waals surface area contributed by atoms with E-state index >= 15 is 0 Å². The number of aliphatic hydroxyl groups excluding tert-OH is 1. The lowest BCUT2D eigenvalue weighted by atomic mass is 10.0. The molecule has 6 rings (SSSR count). The molecule has 0 unspecified atom stereocenters. The first-order chi connectivity index (χ1) is 19.4. The van der Waals surface area contributed by atoms with Gasteiger partial charge in [0.15, 0.2) is 6.29 Å². The number of rotatable bonds is 4. The highest BCUT2D eigenvalue weighted by Crippen LogP contribution is 2.30. The Morgan fingerprint density at radius 2 is 1.18 bits per heavy atom. The number of benzene rings is 4. The predicted molar refractivity (Wildman–Crippen MR) is 155 cm³/mol. The van der Waals surface area contributed by atoms with E-state index < -0.39 is 0 Å². The van der Waals surface area contributed by atoms with E-state index in [1.165, 1.54) is 12.1 Å². The van der Waals surface area contributed by atoms with E-state index in [-0.39, 0.29) is 18.2 Å². The molecule has 1 N–H and O–H groups in total. The van der Waals surface area contributed by atoms with Gasteiger partial charge in [-0.05, 0) is 61.4 Å². The van der Waals surface area contributed by atoms with Crippen molar-refractivity contribution in [3.05, 3.63) is 131 Å². The van der Waals surface area contributed by atoms with Gasteiger partial charge in [0.2, 0.25) is 0 Å². The van der Waals surface area contributed by atoms with Crippen LogP contribution in [0.25, 0.3) is 44.3 Å². The molecule has 2 aromatic heterocycles. The van der Waals surface area contributed by atoms with Gasteiger partial charge in [-0.2, -0.15) is 0 Å². The van der Waals surface area contributed by atoms with E-state index in [4.69, 9.17) is 0 Å². The van der Waals surface area contributed by atoms with Crippen LogP contribution >= 0.6 is 0 Å². The van der Waals surface area contributed by atoms with Crippen molar-refractivity contribution in [3.8, 4) is 22.5 Å². The zero-order chi connectivity index (χ0) is 28.2. The molecule has 0 atom stereocenters. The molecule has 2 heterocycles. The zero-order valence-corrected chi connectivity index (χ0v) is 22.0. The number of carbonyl (C=O) groups is 1. The van der Waals surface area contributed by atoms with Crippen LogP contribution in [0.2, 0.25) is 0 Å². The van der Waals surface area contributed by atoms with Gasteiger partial charge in [0, 0.05) is 33.0 Å². The van der Waals surface area contributed by atoms with E-state index in [1.807, 2.05) is 56.3 Å². The van der Waals surface area contributed by atoms with Crippen LogP contribution in [0, 0.1) is 25.5 Å². The topological polar surface area (TPSA) is 63.1 Å². The number of aliphatic hydroxyl groups is 1. The van der Waals surface area contributed by atoms with Crippen molar-refractivity contribution >= 4 is 28.1 Å². The summed E-state index contributed by atoms with van der Waals surface area (Å²) in [5, 5.41) is 11.4. The lowest BCUT2D eigenvalue weighted by Crippen LogP contribution is -1.97. The summed E-state index contributed by atoms with van der Waals surface area (Å²) < 4.78 is 27.9. The number of hydrogen-bond acceptors (Lipinski definition) is 4. The minimum atomic E-state index is -0.379. The van der Waals surface area contributed by atoms with Crippen LogP contribution in [0.15, 0.2) is 97.1 Å². The minimum Gasteiger partial charge on any atom is -0.392 e. The Kier molecular flexibility index (Phi) is 7.71. The van der Waals surface area contributed by atoms with Crippen molar-refractivity contribution in [2.45, 2.75) is 20.5 Å². The fourth-order valence-corrected chi connectivity index (χ4v) is 4.72. The third kappa shape index (κ3) is 5.22. The maximum atomic E-state index is 14.0. The van der Waals surface area contributed by atoms with Crippen LogP contribution in [-0.4, -0.2) is 21.4 Å². The number of fused-ring (bicyclic) bond motifs is 2. The molecule has 0 bridgehead atoms. The molecule has 0 saturated heterocycles. The maximum absolute atomic E-state index is 14.0. The number of carbonyl (C=O) groups excluding carboxylic acids is 1. The number of nitrogens with zero attached hydrogens (tertiary/aromatic N) is 2. The Bertz CT molecular complexity index is 1870. The smallest absolute Gasteiger partial charge is 0.152 e. The molecule has 4 aromatic carbocycles. The summed E-state index contributed by atoms with van der Waals surface area (Å²) in [5.41, 5.74) is 6.34. The van der Waals surface area contributed by atoms with Gasteiger partial charge in [-0.25, -0.2) is 18.7 Å². The van der Waals surface area contributed by atoms with E-state index in [1.54, 1.807) is 42.5 Å². The van der Waals surface area contributed by atoms with Crippen molar-refractivity contribution < 1.29 is 18.7 Å². The molecule has 0 radical (unpaired) electrons. The quantitative estimate of drug-likeness (QED) is 0.234. The molecule has 198 valence electrons. The first-order valence-corrected chi connectivity index (χ1v) is 12.8. The van der Waals surface area contributed by atoms with Gasteiger partial charge in [0.1, 0.15) is 11.6 Å². The molecule has 0 aliphatic heterocycles. The van der Waals surface area contributed by atoms with Crippen molar-refractivity contribution in [2.75, 3.05) is 0 Å². The normalized spacial score (nSPS) is 10.8. The number of hydrogen-bond donors (Lipinski definition) is 1. The van der Waals surface area contributed by atoms with E-state index in [0.29, 0.717) is 33.6 Å². The molecular weight excluding hydrogens is 506 g/mol. The van der Waals surface area contributed by atoms with Crippen molar-refractivity contribution in [1.82, 2.24) is 9.97 Å². The zero-order valence-electron chi connectivity index (χ0n) is 22.0. The Labute approximate surface area is 230 Å². The number of aryl methyl sites for hydroxylation is 2. The van der Waals surface area contributed by atoms with Gasteiger partial charge in [0.05, 0.1) is 29.0 Å². The molecule has 6 heteroatoms. The highest BCUT2D eigenvalue weighted by Gasteiger charge is 2.14. The number of halogens is 2. The second-order valence-corrected chi connectivity index (χ2v) is 9.45. The first kappa shape index (κ1) is 26.8. The second kappa shape index (κ2) is 11.5. The molecule has 0 spiro atoms. The summed E-state index contributed by atoms with van der Waals surface area (Å²) in [4.78, 5) is 20.4. The molecule has 0 aliphatic rings. The van der Waals surface area contributed by atoms with Crippen LogP contribution in [0.1, 0.15) is 27.0 Å². The van der Waals surface area contributed by atoms with E-state index in [9.17, 15) is 18.7 Å². The first-order valence-electron chi connectivity index (χ1n) is 12.8. The summed E-state index contributed by atoms with van der Waals surface area (Å²) in [6.45, 7) is 3.75. The highest BCUT2D eigenvalue weighted by molar-refractivity contribution is 5.94. The monoisotopic (exact) mass is 532 g/mol. The molecule has 4 nitrogen and oxygen atoms in total.